The summed E-state index contributed by atoms with van der Waals surface area (Å²) in [4.78, 5) is 2.30. The molecule has 2 aliphatic heterocycles. The van der Waals surface area contributed by atoms with Gasteiger partial charge in [0.1, 0.15) is 29.7 Å². The van der Waals surface area contributed by atoms with E-state index in [2.05, 4.69) is 4.90 Å². The van der Waals surface area contributed by atoms with Crippen molar-refractivity contribution in [2.45, 2.75) is 5.92 Å². The third-order valence-electron chi connectivity index (χ3n) is 5.63. The van der Waals surface area contributed by atoms with Crippen LogP contribution in [0.2, 0.25) is 0 Å². The van der Waals surface area contributed by atoms with Gasteiger partial charge in [-0.25, -0.2) is 4.39 Å². The van der Waals surface area contributed by atoms with Crippen LogP contribution < -0.4 is 14.2 Å². The lowest BCUT2D eigenvalue weighted by Crippen LogP contribution is -2.42. The molecule has 0 bridgehead atoms. The number of halogens is 1. The zero-order valence-corrected chi connectivity index (χ0v) is 15.4. The molecule has 4 rings (SSSR count). The minimum Gasteiger partial charge on any atom is -0.497 e. The summed E-state index contributed by atoms with van der Waals surface area (Å²) in [5.41, 5.74) is 0.829. The van der Waals surface area contributed by atoms with E-state index in [4.69, 9.17) is 14.2 Å². The van der Waals surface area contributed by atoms with Gasteiger partial charge in [-0.2, -0.15) is 0 Å². The zero-order chi connectivity index (χ0) is 18.9. The molecule has 144 valence electrons. The Kier molecular flexibility index (Phi) is 4.93. The summed E-state index contributed by atoms with van der Waals surface area (Å²) in [5.74, 6) is 2.21. The number of benzene rings is 2. The van der Waals surface area contributed by atoms with Gasteiger partial charge in [-0.1, -0.05) is 6.07 Å². The molecule has 6 heteroatoms. The Morgan fingerprint density at radius 1 is 1.22 bits per heavy atom. The van der Waals surface area contributed by atoms with Gasteiger partial charge in [-0.3, -0.25) is 4.90 Å². The van der Waals surface area contributed by atoms with E-state index in [1.54, 1.807) is 19.2 Å². The van der Waals surface area contributed by atoms with Crippen LogP contribution in [0.1, 0.15) is 11.5 Å². The SMILES string of the molecule is COc1ccc2c(c1)OC[C@@]1(CO)CN(CCOc3ccc(F)cc3)C[C@@H]21. The molecule has 2 heterocycles. The smallest absolute Gasteiger partial charge is 0.126 e. The highest BCUT2D eigenvalue weighted by Crippen LogP contribution is 2.49. The second-order valence-corrected chi connectivity index (χ2v) is 7.30. The lowest BCUT2D eigenvalue weighted by Gasteiger charge is -2.38. The van der Waals surface area contributed by atoms with Crippen molar-refractivity contribution >= 4 is 0 Å². The highest BCUT2D eigenvalue weighted by molar-refractivity contribution is 5.46. The molecule has 1 fully saturated rings. The fraction of sp³-hybridized carbons (Fsp3) is 0.429. The molecule has 0 amide bonds. The second-order valence-electron chi connectivity index (χ2n) is 7.30. The number of ether oxygens (including phenoxy) is 3. The summed E-state index contributed by atoms with van der Waals surface area (Å²) in [5, 5.41) is 10.1. The summed E-state index contributed by atoms with van der Waals surface area (Å²) in [6.07, 6.45) is 0. The molecule has 2 atom stereocenters. The zero-order valence-electron chi connectivity index (χ0n) is 15.4. The number of aliphatic hydroxyl groups is 1. The number of methoxy groups -OCH3 is 1. The first-order chi connectivity index (χ1) is 13.1. The maximum Gasteiger partial charge on any atom is 0.126 e. The lowest BCUT2D eigenvalue weighted by atomic mass is 9.74. The van der Waals surface area contributed by atoms with Crippen LogP contribution in [0, 0.1) is 11.2 Å². The van der Waals surface area contributed by atoms with Crippen LogP contribution in [-0.2, 0) is 0 Å². The molecule has 5 nitrogen and oxygen atoms in total. The summed E-state index contributed by atoms with van der Waals surface area (Å²) in [7, 11) is 1.64. The Balaban J connectivity index is 1.43. The molecule has 2 aromatic carbocycles. The van der Waals surface area contributed by atoms with E-state index in [1.807, 2.05) is 18.2 Å². The van der Waals surface area contributed by atoms with Crippen LogP contribution in [0.3, 0.4) is 0 Å². The number of fused-ring (bicyclic) bond motifs is 3. The van der Waals surface area contributed by atoms with E-state index in [-0.39, 0.29) is 23.8 Å². The third-order valence-corrected chi connectivity index (χ3v) is 5.63. The van der Waals surface area contributed by atoms with Crippen molar-refractivity contribution in [3.63, 3.8) is 0 Å². The summed E-state index contributed by atoms with van der Waals surface area (Å²) in [6, 6.07) is 11.9. The normalized spacial score (nSPS) is 24.0. The Bertz CT molecular complexity index is 797. The fourth-order valence-corrected chi connectivity index (χ4v) is 4.12. The average Bonchev–Trinajstić information content (AvgIpc) is 3.08. The molecule has 0 saturated carbocycles. The predicted octanol–water partition coefficient (Wildman–Crippen LogP) is 2.68. The minimum absolute atomic E-state index is 0.0818. The van der Waals surface area contributed by atoms with Gasteiger partial charge >= 0.3 is 0 Å². The van der Waals surface area contributed by atoms with Crippen LogP contribution in [0.4, 0.5) is 4.39 Å². The Hall–Kier alpha value is -2.31. The maximum absolute atomic E-state index is 13.0. The van der Waals surface area contributed by atoms with Gasteiger partial charge in [0.2, 0.25) is 0 Å². The Morgan fingerprint density at radius 3 is 2.74 bits per heavy atom. The topological polar surface area (TPSA) is 51.2 Å². The number of hydrogen-bond donors (Lipinski definition) is 1. The summed E-state index contributed by atoms with van der Waals surface area (Å²) >= 11 is 0. The second kappa shape index (κ2) is 7.37. The molecule has 27 heavy (non-hydrogen) atoms. The van der Waals surface area contributed by atoms with Gasteiger partial charge in [0, 0.05) is 37.0 Å². The number of hydrogen-bond acceptors (Lipinski definition) is 5. The van der Waals surface area contributed by atoms with Crippen molar-refractivity contribution in [3.05, 3.63) is 53.8 Å². The average molecular weight is 373 g/mol. The van der Waals surface area contributed by atoms with Crippen molar-refractivity contribution < 1.29 is 23.7 Å². The van der Waals surface area contributed by atoms with Gasteiger partial charge in [-0.15, -0.1) is 0 Å². The first-order valence-corrected chi connectivity index (χ1v) is 9.16. The van der Waals surface area contributed by atoms with Crippen molar-refractivity contribution in [2.75, 3.05) is 46.6 Å². The van der Waals surface area contributed by atoms with Crippen LogP contribution in [-0.4, -0.2) is 56.6 Å². The lowest BCUT2D eigenvalue weighted by molar-refractivity contribution is 0.0452. The van der Waals surface area contributed by atoms with Crippen LogP contribution >= 0.6 is 0 Å². The van der Waals surface area contributed by atoms with Crippen LogP contribution in [0.25, 0.3) is 0 Å². The fourth-order valence-electron chi connectivity index (χ4n) is 4.12. The van der Waals surface area contributed by atoms with Crippen LogP contribution in [0.15, 0.2) is 42.5 Å². The number of rotatable bonds is 6. The molecule has 2 aliphatic rings. The van der Waals surface area contributed by atoms with E-state index in [0.29, 0.717) is 19.0 Å². The monoisotopic (exact) mass is 373 g/mol. The van der Waals surface area contributed by atoms with E-state index in [1.165, 1.54) is 12.1 Å². The van der Waals surface area contributed by atoms with Gasteiger partial charge < -0.3 is 19.3 Å². The maximum atomic E-state index is 13.0. The molecule has 0 aliphatic carbocycles. The van der Waals surface area contributed by atoms with Gasteiger partial charge in [-0.05, 0) is 35.9 Å². The van der Waals surface area contributed by atoms with Crippen molar-refractivity contribution in [1.29, 1.82) is 0 Å². The van der Waals surface area contributed by atoms with E-state index in [9.17, 15) is 9.50 Å². The number of likely N-dealkylation sites (tertiary alicyclic amines) is 1. The van der Waals surface area contributed by atoms with Crippen LogP contribution in [0.5, 0.6) is 17.2 Å². The molecular formula is C21H24FNO4. The molecule has 0 unspecified atom stereocenters. The minimum atomic E-state index is -0.294. The molecular weight excluding hydrogens is 349 g/mol. The third kappa shape index (κ3) is 3.47. The van der Waals surface area contributed by atoms with E-state index < -0.39 is 0 Å². The molecule has 0 spiro atoms. The summed E-state index contributed by atoms with van der Waals surface area (Å²) < 4.78 is 30.0. The van der Waals surface area contributed by atoms with Gasteiger partial charge in [0.15, 0.2) is 0 Å². The Morgan fingerprint density at radius 2 is 2.00 bits per heavy atom. The van der Waals surface area contributed by atoms with Crippen molar-refractivity contribution in [3.8, 4) is 17.2 Å². The van der Waals surface area contributed by atoms with Crippen molar-refractivity contribution in [2.24, 2.45) is 5.41 Å². The molecule has 0 radical (unpaired) electrons. The predicted molar refractivity (Wildman–Crippen MR) is 99.1 cm³/mol. The van der Waals surface area contributed by atoms with Gasteiger partial charge in [0.05, 0.1) is 20.3 Å². The summed E-state index contributed by atoms with van der Waals surface area (Å²) in [6.45, 7) is 3.42. The first kappa shape index (κ1) is 18.1. The van der Waals surface area contributed by atoms with Gasteiger partial charge in [0.25, 0.3) is 0 Å². The van der Waals surface area contributed by atoms with E-state index in [0.717, 1.165) is 36.7 Å². The van der Waals surface area contributed by atoms with Crippen molar-refractivity contribution in [1.82, 2.24) is 4.90 Å². The number of aliphatic hydroxyl groups excluding tert-OH is 1. The molecule has 2 aromatic rings. The highest BCUT2D eigenvalue weighted by atomic mass is 19.1. The molecule has 1 saturated heterocycles. The highest BCUT2D eigenvalue weighted by Gasteiger charge is 2.50. The largest absolute Gasteiger partial charge is 0.497 e. The first-order valence-electron chi connectivity index (χ1n) is 9.16. The standard InChI is InChI=1S/C21H24FNO4/c1-25-17-6-7-18-19-11-23(8-9-26-16-4-2-15(22)3-5-16)12-21(19,13-24)14-27-20(18)10-17/h2-7,10,19,24H,8-9,11-14H2,1H3/t19-,21-/m0/s1. The molecule has 1 N–H and O–H groups in total. The van der Waals surface area contributed by atoms with E-state index >= 15 is 0 Å². The molecule has 0 aromatic heterocycles. The number of nitrogens with zero attached hydrogens (tertiary/aromatic N) is 1. The Labute approximate surface area is 158 Å². The quantitative estimate of drug-likeness (QED) is 0.844.